The molecule has 0 radical (unpaired) electrons. The molecule has 2 rings (SSSR count). The average Bonchev–Trinajstić information content (AvgIpc) is 2.34. The molecule has 122 valence electrons. The molecule has 2 N–H and O–H groups in total. The Morgan fingerprint density at radius 1 is 1.10 bits per heavy atom. The molecule has 2 aliphatic heterocycles. The highest BCUT2D eigenvalue weighted by Crippen LogP contribution is 2.51. The highest BCUT2D eigenvalue weighted by molar-refractivity contribution is 5.78. The molecular weight excluding hydrogens is 270 g/mol. The van der Waals surface area contributed by atoms with E-state index in [4.69, 9.17) is 9.47 Å². The fourth-order valence-corrected chi connectivity index (χ4v) is 4.64. The van der Waals surface area contributed by atoms with Gasteiger partial charge in [-0.3, -0.25) is 4.79 Å². The van der Waals surface area contributed by atoms with Crippen LogP contribution in [0.25, 0.3) is 0 Å². The summed E-state index contributed by atoms with van der Waals surface area (Å²) in [6.07, 6.45) is 2.09. The van der Waals surface area contributed by atoms with Crippen LogP contribution in [0.3, 0.4) is 0 Å². The molecule has 0 bridgehead atoms. The first-order valence-corrected chi connectivity index (χ1v) is 7.74. The predicted octanol–water partition coefficient (Wildman–Crippen LogP) is 1.63. The molecule has 5 heteroatoms. The molecule has 2 heterocycles. The van der Waals surface area contributed by atoms with E-state index in [2.05, 4.69) is 33.0 Å². The van der Waals surface area contributed by atoms with Gasteiger partial charge in [-0.05, 0) is 53.4 Å². The Hall–Kier alpha value is -0.650. The van der Waals surface area contributed by atoms with Gasteiger partial charge in [-0.25, -0.2) is 0 Å². The van der Waals surface area contributed by atoms with E-state index < -0.39 is 11.0 Å². The molecule has 0 spiro atoms. The molecule has 0 aromatic carbocycles. The largest absolute Gasteiger partial charge is 0.469 e. The summed E-state index contributed by atoms with van der Waals surface area (Å²) < 4.78 is 10.5. The Balaban J connectivity index is 2.44. The van der Waals surface area contributed by atoms with Gasteiger partial charge in [0.1, 0.15) is 5.41 Å². The molecule has 21 heavy (non-hydrogen) atoms. The van der Waals surface area contributed by atoms with E-state index in [1.54, 1.807) is 0 Å². The molecular formula is C16H29NO4. The number of hydrogen-bond donors (Lipinski definition) is 2. The molecule has 5 nitrogen and oxygen atoms in total. The maximum atomic E-state index is 12.6. The number of piperidine rings is 1. The summed E-state index contributed by atoms with van der Waals surface area (Å²) >= 11 is 0. The predicted molar refractivity (Wildman–Crippen MR) is 80.0 cm³/mol. The minimum absolute atomic E-state index is 0.240. The summed E-state index contributed by atoms with van der Waals surface area (Å²) in [4.78, 5) is 12.6. The van der Waals surface area contributed by atoms with Gasteiger partial charge >= 0.3 is 5.97 Å². The molecule has 0 unspecified atom stereocenters. The average molecular weight is 299 g/mol. The summed E-state index contributed by atoms with van der Waals surface area (Å²) in [6, 6.07) is 0. The van der Waals surface area contributed by atoms with Gasteiger partial charge in [0.2, 0.25) is 0 Å². The molecule has 0 aromatic heterocycles. The van der Waals surface area contributed by atoms with Gasteiger partial charge in [-0.15, -0.1) is 0 Å². The fourth-order valence-electron chi connectivity index (χ4n) is 4.64. The van der Waals surface area contributed by atoms with Crippen molar-refractivity contribution in [1.82, 2.24) is 5.32 Å². The standard InChI is InChI=1S/C16H29NO4/c1-13(2)10-16(19,11-14(3,4)17-13)15(12(18)20-5)6-8-21-9-7-15/h17,19H,6-11H2,1-5H3. The Kier molecular flexibility index (Phi) is 4.15. The van der Waals surface area contributed by atoms with Crippen LogP contribution in [0.4, 0.5) is 0 Å². The van der Waals surface area contributed by atoms with Crippen molar-refractivity contribution in [3.05, 3.63) is 0 Å². The van der Waals surface area contributed by atoms with Crippen LogP contribution >= 0.6 is 0 Å². The second kappa shape index (κ2) is 5.21. The van der Waals surface area contributed by atoms with Crippen molar-refractivity contribution in [2.45, 2.75) is 70.1 Å². The van der Waals surface area contributed by atoms with E-state index in [0.29, 0.717) is 38.9 Å². The van der Waals surface area contributed by atoms with Gasteiger partial charge in [0.25, 0.3) is 0 Å². The first kappa shape index (κ1) is 16.7. The Morgan fingerprint density at radius 2 is 1.57 bits per heavy atom. The number of hydrogen-bond acceptors (Lipinski definition) is 5. The van der Waals surface area contributed by atoms with E-state index >= 15 is 0 Å². The molecule has 0 atom stereocenters. The summed E-state index contributed by atoms with van der Waals surface area (Å²) in [5, 5.41) is 15.1. The lowest BCUT2D eigenvalue weighted by Gasteiger charge is -2.57. The Bertz CT molecular complexity index is 395. The zero-order valence-electron chi connectivity index (χ0n) is 13.9. The Labute approximate surface area is 127 Å². The van der Waals surface area contributed by atoms with E-state index in [1.165, 1.54) is 7.11 Å². The maximum Gasteiger partial charge on any atom is 0.314 e. The topological polar surface area (TPSA) is 67.8 Å². The lowest BCUT2D eigenvalue weighted by Crippen LogP contribution is -2.70. The first-order chi connectivity index (χ1) is 9.56. The van der Waals surface area contributed by atoms with Gasteiger partial charge in [0, 0.05) is 24.3 Å². The highest BCUT2D eigenvalue weighted by Gasteiger charge is 2.61. The van der Waals surface area contributed by atoms with Crippen LogP contribution in [0, 0.1) is 5.41 Å². The second-order valence-corrected chi connectivity index (χ2v) is 7.96. The van der Waals surface area contributed by atoms with Gasteiger partial charge in [-0.1, -0.05) is 0 Å². The number of carbonyl (C=O) groups is 1. The normalized spacial score (nSPS) is 29.6. The number of carbonyl (C=O) groups excluding carboxylic acids is 1. The van der Waals surface area contributed by atoms with Crippen molar-refractivity contribution in [1.29, 1.82) is 0 Å². The van der Waals surface area contributed by atoms with Crippen LogP contribution in [0.5, 0.6) is 0 Å². The van der Waals surface area contributed by atoms with E-state index in [0.717, 1.165) is 0 Å². The smallest absolute Gasteiger partial charge is 0.314 e. The van der Waals surface area contributed by atoms with Crippen LogP contribution < -0.4 is 5.32 Å². The lowest BCUT2D eigenvalue weighted by molar-refractivity contribution is -0.203. The quantitative estimate of drug-likeness (QED) is 0.759. The molecule has 2 aliphatic rings. The van der Waals surface area contributed by atoms with Gasteiger partial charge in [0.15, 0.2) is 0 Å². The summed E-state index contributed by atoms with van der Waals surface area (Å²) in [6.45, 7) is 9.27. The number of aliphatic hydroxyl groups is 1. The van der Waals surface area contributed by atoms with Crippen molar-refractivity contribution in [3.63, 3.8) is 0 Å². The van der Waals surface area contributed by atoms with Crippen LogP contribution in [-0.2, 0) is 14.3 Å². The van der Waals surface area contributed by atoms with Crippen molar-refractivity contribution in [2.24, 2.45) is 5.41 Å². The fraction of sp³-hybridized carbons (Fsp3) is 0.938. The Morgan fingerprint density at radius 3 is 2.00 bits per heavy atom. The van der Waals surface area contributed by atoms with Crippen molar-refractivity contribution < 1.29 is 19.4 Å². The van der Waals surface area contributed by atoms with Crippen LogP contribution in [0.2, 0.25) is 0 Å². The molecule has 0 saturated carbocycles. The monoisotopic (exact) mass is 299 g/mol. The molecule has 0 amide bonds. The molecule has 2 fully saturated rings. The van der Waals surface area contributed by atoms with E-state index in [9.17, 15) is 9.90 Å². The zero-order valence-corrected chi connectivity index (χ0v) is 13.9. The van der Waals surface area contributed by atoms with E-state index in [1.807, 2.05) is 0 Å². The summed E-state index contributed by atoms with van der Waals surface area (Å²) in [5.74, 6) is -0.304. The maximum absolute atomic E-state index is 12.6. The van der Waals surface area contributed by atoms with Crippen LogP contribution in [-0.4, -0.2) is 48.1 Å². The van der Waals surface area contributed by atoms with Crippen LogP contribution in [0.1, 0.15) is 53.4 Å². The zero-order chi connectivity index (χ0) is 15.9. The van der Waals surface area contributed by atoms with Crippen LogP contribution in [0.15, 0.2) is 0 Å². The molecule has 2 saturated heterocycles. The minimum atomic E-state index is -1.08. The third kappa shape index (κ3) is 2.96. The van der Waals surface area contributed by atoms with Crippen molar-refractivity contribution in [2.75, 3.05) is 20.3 Å². The third-order valence-corrected chi connectivity index (χ3v) is 4.96. The lowest BCUT2D eigenvalue weighted by atomic mass is 9.57. The van der Waals surface area contributed by atoms with Gasteiger partial charge in [0.05, 0.1) is 12.7 Å². The number of esters is 1. The first-order valence-electron chi connectivity index (χ1n) is 7.74. The molecule has 0 aliphatic carbocycles. The third-order valence-electron chi connectivity index (χ3n) is 4.96. The highest BCUT2D eigenvalue weighted by atomic mass is 16.5. The van der Waals surface area contributed by atoms with E-state index in [-0.39, 0.29) is 17.0 Å². The second-order valence-electron chi connectivity index (χ2n) is 7.96. The summed E-state index contributed by atoms with van der Waals surface area (Å²) in [5.41, 5.74) is -2.43. The van der Waals surface area contributed by atoms with Gasteiger partial charge in [-0.2, -0.15) is 0 Å². The molecule has 0 aromatic rings. The SMILES string of the molecule is COC(=O)C1(C2(O)CC(C)(C)NC(C)(C)C2)CCOCC1. The number of ether oxygens (including phenoxy) is 2. The minimum Gasteiger partial charge on any atom is -0.469 e. The van der Waals surface area contributed by atoms with Crippen molar-refractivity contribution >= 4 is 5.97 Å². The van der Waals surface area contributed by atoms with Gasteiger partial charge < -0.3 is 19.9 Å². The van der Waals surface area contributed by atoms with Crippen molar-refractivity contribution in [3.8, 4) is 0 Å². The number of rotatable bonds is 2. The number of methoxy groups -OCH3 is 1. The summed E-state index contributed by atoms with van der Waals surface area (Å²) in [7, 11) is 1.40. The number of nitrogens with one attached hydrogen (secondary N) is 1.